The van der Waals surface area contributed by atoms with Crippen molar-refractivity contribution in [3.05, 3.63) is 54.1 Å². The largest absolute Gasteiger partial charge is 0.490 e. The molecule has 0 saturated heterocycles. The van der Waals surface area contributed by atoms with Crippen LogP contribution >= 0.6 is 0 Å². The van der Waals surface area contributed by atoms with E-state index in [-0.39, 0.29) is 18.4 Å². The average Bonchev–Trinajstić information content (AvgIpc) is 2.92. The molecular weight excluding hydrogens is 344 g/mol. The number of benzene rings is 2. The Balaban J connectivity index is 1.54. The maximum absolute atomic E-state index is 12.2. The quantitative estimate of drug-likeness (QED) is 0.624. The molecule has 0 aliphatic carbocycles. The van der Waals surface area contributed by atoms with Gasteiger partial charge in [-0.1, -0.05) is 30.3 Å². The van der Waals surface area contributed by atoms with Crippen LogP contribution in [0.4, 0.5) is 5.69 Å². The second-order valence-corrected chi connectivity index (χ2v) is 6.27. The highest BCUT2D eigenvalue weighted by Gasteiger charge is 2.12. The fourth-order valence-electron chi connectivity index (χ4n) is 2.65. The molecule has 7 heteroatoms. The highest BCUT2D eigenvalue weighted by atomic mass is 16.5. The van der Waals surface area contributed by atoms with Crippen LogP contribution in [0.3, 0.4) is 0 Å². The number of nitrogens with zero attached hydrogens (tertiary/aromatic N) is 2. The zero-order valence-corrected chi connectivity index (χ0v) is 15.4. The number of rotatable bonds is 5. The van der Waals surface area contributed by atoms with Crippen molar-refractivity contribution in [2.75, 3.05) is 32.1 Å². The number of ether oxygens (including phenoxy) is 2. The first-order valence-corrected chi connectivity index (χ1v) is 8.86. The van der Waals surface area contributed by atoms with Crippen molar-refractivity contribution in [2.24, 2.45) is 10.7 Å². The number of carbonyl (C=O) groups excluding carboxylic acids is 1. The van der Waals surface area contributed by atoms with Gasteiger partial charge in [0, 0.05) is 31.8 Å². The summed E-state index contributed by atoms with van der Waals surface area (Å²) in [7, 11) is 1.75. The van der Waals surface area contributed by atoms with Gasteiger partial charge in [-0.3, -0.25) is 4.79 Å². The van der Waals surface area contributed by atoms with Gasteiger partial charge in [-0.2, -0.15) is 0 Å². The van der Waals surface area contributed by atoms with Crippen LogP contribution in [-0.4, -0.2) is 43.6 Å². The molecule has 1 amide bonds. The van der Waals surface area contributed by atoms with E-state index in [1.165, 1.54) is 0 Å². The standard InChI is InChI=1S/C20H24N4O3/c1-24(14-15-6-3-2-4-7-15)19(25)13-22-20(21)23-16-8-9-17-18(12-16)27-11-5-10-26-17/h2-4,6-9,12H,5,10-11,13-14H2,1H3,(H3,21,22,23). The molecule has 0 unspecified atom stereocenters. The van der Waals surface area contributed by atoms with Gasteiger partial charge in [0.1, 0.15) is 6.54 Å². The van der Waals surface area contributed by atoms with Gasteiger partial charge in [-0.15, -0.1) is 0 Å². The number of anilines is 1. The van der Waals surface area contributed by atoms with Crippen LogP contribution in [-0.2, 0) is 11.3 Å². The van der Waals surface area contributed by atoms with Gasteiger partial charge in [0.25, 0.3) is 0 Å². The molecule has 3 N–H and O–H groups in total. The molecule has 0 aromatic heterocycles. The Morgan fingerprint density at radius 2 is 1.89 bits per heavy atom. The van der Waals surface area contributed by atoms with Crippen LogP contribution in [0.5, 0.6) is 11.5 Å². The number of nitrogens with two attached hydrogens (primary N) is 1. The molecule has 3 rings (SSSR count). The van der Waals surface area contributed by atoms with Crippen molar-refractivity contribution in [3.8, 4) is 11.5 Å². The van der Waals surface area contributed by atoms with Crippen LogP contribution in [0.1, 0.15) is 12.0 Å². The van der Waals surface area contributed by atoms with Crippen molar-refractivity contribution in [3.63, 3.8) is 0 Å². The third-order valence-electron chi connectivity index (χ3n) is 4.09. The maximum Gasteiger partial charge on any atom is 0.244 e. The van der Waals surface area contributed by atoms with Gasteiger partial charge in [0.05, 0.1) is 13.2 Å². The van der Waals surface area contributed by atoms with Gasteiger partial charge < -0.3 is 25.4 Å². The summed E-state index contributed by atoms with van der Waals surface area (Å²) in [6, 6.07) is 15.3. The zero-order valence-electron chi connectivity index (χ0n) is 15.4. The van der Waals surface area contributed by atoms with Crippen LogP contribution in [0.2, 0.25) is 0 Å². The molecule has 0 fully saturated rings. The van der Waals surface area contributed by atoms with E-state index in [0.717, 1.165) is 17.7 Å². The normalized spacial score (nSPS) is 13.6. The van der Waals surface area contributed by atoms with Crippen molar-refractivity contribution < 1.29 is 14.3 Å². The Bertz CT molecular complexity index is 808. The van der Waals surface area contributed by atoms with Crippen molar-refractivity contribution >= 4 is 17.6 Å². The molecule has 2 aromatic rings. The Kier molecular flexibility index (Phi) is 6.14. The van der Waals surface area contributed by atoms with E-state index in [4.69, 9.17) is 15.2 Å². The molecule has 1 aliphatic rings. The number of likely N-dealkylation sites (N-methyl/N-ethyl adjacent to an activating group) is 1. The minimum Gasteiger partial charge on any atom is -0.490 e. The summed E-state index contributed by atoms with van der Waals surface area (Å²) in [4.78, 5) is 18.0. The van der Waals surface area contributed by atoms with Crippen molar-refractivity contribution in [2.45, 2.75) is 13.0 Å². The number of carbonyl (C=O) groups is 1. The van der Waals surface area contributed by atoms with E-state index in [9.17, 15) is 4.79 Å². The van der Waals surface area contributed by atoms with Gasteiger partial charge in [0.2, 0.25) is 5.91 Å². The lowest BCUT2D eigenvalue weighted by molar-refractivity contribution is -0.128. The molecule has 27 heavy (non-hydrogen) atoms. The van der Waals surface area contributed by atoms with Gasteiger partial charge >= 0.3 is 0 Å². The van der Waals surface area contributed by atoms with Crippen LogP contribution < -0.4 is 20.5 Å². The molecule has 1 aliphatic heterocycles. The first-order valence-electron chi connectivity index (χ1n) is 8.86. The number of aliphatic imine (C=N–C) groups is 1. The topological polar surface area (TPSA) is 89.2 Å². The third kappa shape index (κ3) is 5.37. The van der Waals surface area contributed by atoms with Crippen LogP contribution in [0.15, 0.2) is 53.5 Å². The number of hydrogen-bond acceptors (Lipinski definition) is 4. The highest BCUT2D eigenvalue weighted by Crippen LogP contribution is 2.32. The highest BCUT2D eigenvalue weighted by molar-refractivity contribution is 5.94. The lowest BCUT2D eigenvalue weighted by atomic mass is 10.2. The number of hydrogen-bond donors (Lipinski definition) is 2. The van der Waals surface area contributed by atoms with E-state index in [2.05, 4.69) is 10.3 Å². The first-order chi connectivity index (χ1) is 13.1. The van der Waals surface area contributed by atoms with Gasteiger partial charge in [0.15, 0.2) is 17.5 Å². The van der Waals surface area contributed by atoms with E-state index >= 15 is 0 Å². The van der Waals surface area contributed by atoms with Gasteiger partial charge in [-0.05, 0) is 17.7 Å². The maximum atomic E-state index is 12.2. The molecule has 0 atom stereocenters. The monoisotopic (exact) mass is 368 g/mol. The summed E-state index contributed by atoms with van der Waals surface area (Å²) in [5.41, 5.74) is 7.70. The lowest BCUT2D eigenvalue weighted by Crippen LogP contribution is -2.30. The predicted molar refractivity (Wildman–Crippen MR) is 105 cm³/mol. The first kappa shape index (κ1) is 18.6. The summed E-state index contributed by atoms with van der Waals surface area (Å²) < 4.78 is 11.2. The SMILES string of the molecule is CN(Cc1ccccc1)C(=O)CN=C(N)Nc1ccc2c(c1)OCCCO2. The predicted octanol–water partition coefficient (Wildman–Crippen LogP) is 2.23. The summed E-state index contributed by atoms with van der Waals surface area (Å²) in [6.07, 6.45) is 0.847. The lowest BCUT2D eigenvalue weighted by Gasteiger charge is -2.16. The second kappa shape index (κ2) is 8.93. The molecule has 2 aromatic carbocycles. The Labute approximate surface area is 158 Å². The molecule has 7 nitrogen and oxygen atoms in total. The number of amides is 1. The summed E-state index contributed by atoms with van der Waals surface area (Å²) >= 11 is 0. The molecule has 0 radical (unpaired) electrons. The smallest absolute Gasteiger partial charge is 0.244 e. The van der Waals surface area contributed by atoms with Gasteiger partial charge in [-0.25, -0.2) is 4.99 Å². The zero-order chi connectivity index (χ0) is 19.1. The van der Waals surface area contributed by atoms with E-state index in [1.54, 1.807) is 11.9 Å². The summed E-state index contributed by atoms with van der Waals surface area (Å²) in [5, 5.41) is 2.98. The molecule has 142 valence electrons. The minimum atomic E-state index is -0.109. The molecule has 0 saturated carbocycles. The molecule has 0 spiro atoms. The van der Waals surface area contributed by atoms with Crippen molar-refractivity contribution in [1.82, 2.24) is 4.90 Å². The Hall–Kier alpha value is -3.22. The third-order valence-corrected chi connectivity index (χ3v) is 4.09. The van der Waals surface area contributed by atoms with Crippen LogP contribution in [0.25, 0.3) is 0 Å². The summed E-state index contributed by atoms with van der Waals surface area (Å²) in [6.45, 7) is 1.77. The molecule has 1 heterocycles. The molecular formula is C20H24N4O3. The van der Waals surface area contributed by atoms with E-state index in [1.807, 2.05) is 48.5 Å². The van der Waals surface area contributed by atoms with E-state index in [0.29, 0.717) is 31.3 Å². The Morgan fingerprint density at radius 1 is 1.15 bits per heavy atom. The van der Waals surface area contributed by atoms with Crippen molar-refractivity contribution in [1.29, 1.82) is 0 Å². The number of guanidine groups is 1. The van der Waals surface area contributed by atoms with E-state index < -0.39 is 0 Å². The minimum absolute atomic E-state index is 0.0211. The fraction of sp³-hybridized carbons (Fsp3) is 0.300. The number of nitrogens with one attached hydrogen (secondary N) is 1. The molecule has 0 bridgehead atoms. The summed E-state index contributed by atoms with van der Waals surface area (Å²) in [5.74, 6) is 1.45. The number of fused-ring (bicyclic) bond motifs is 1. The Morgan fingerprint density at radius 3 is 2.67 bits per heavy atom. The average molecular weight is 368 g/mol. The second-order valence-electron chi connectivity index (χ2n) is 6.27. The van der Waals surface area contributed by atoms with Crippen LogP contribution in [0, 0.1) is 0 Å². The fourth-order valence-corrected chi connectivity index (χ4v) is 2.65.